The number of hydrogen-bond donors (Lipinski definition) is 1. The van der Waals surface area contributed by atoms with E-state index in [2.05, 4.69) is 0 Å². The number of nitrogens with zero attached hydrogens (tertiary/aromatic N) is 1. The first kappa shape index (κ1) is 17.7. The Morgan fingerprint density at radius 2 is 1.71 bits per heavy atom. The van der Waals surface area contributed by atoms with Crippen LogP contribution in [0.2, 0.25) is 0 Å². The molecule has 0 saturated carbocycles. The minimum atomic E-state index is -0.763. The van der Waals surface area contributed by atoms with Crippen molar-refractivity contribution in [3.63, 3.8) is 0 Å². The van der Waals surface area contributed by atoms with Gasteiger partial charge in [0, 0.05) is 18.2 Å². The molecule has 5 atom stereocenters. The number of likely N-dealkylation sites (tertiary alicyclic amines) is 1. The maximum absolute atomic E-state index is 13.2. The SMILES string of the molecule is CO[C@H]1CN(C(=O)OC2c3ccccc3-c3ccccc32)[C@H]2[C@@H]1OC(C)[C@@H]2O. The molecule has 2 aromatic rings. The Bertz CT molecular complexity index is 870. The monoisotopic (exact) mass is 381 g/mol. The van der Waals surface area contributed by atoms with E-state index in [1.54, 1.807) is 12.0 Å². The summed E-state index contributed by atoms with van der Waals surface area (Å²) in [5.41, 5.74) is 4.13. The van der Waals surface area contributed by atoms with Gasteiger partial charge in [-0.05, 0) is 18.1 Å². The second-order valence-corrected chi connectivity index (χ2v) is 7.65. The van der Waals surface area contributed by atoms with Gasteiger partial charge in [0.05, 0.1) is 18.7 Å². The van der Waals surface area contributed by atoms with Crippen LogP contribution in [0.25, 0.3) is 11.1 Å². The van der Waals surface area contributed by atoms with Gasteiger partial charge in [-0.1, -0.05) is 48.5 Å². The molecule has 146 valence electrons. The van der Waals surface area contributed by atoms with Gasteiger partial charge < -0.3 is 19.3 Å². The van der Waals surface area contributed by atoms with Crippen molar-refractivity contribution in [2.75, 3.05) is 13.7 Å². The molecular weight excluding hydrogens is 358 g/mol. The maximum Gasteiger partial charge on any atom is 0.411 e. The van der Waals surface area contributed by atoms with Gasteiger partial charge in [0.2, 0.25) is 0 Å². The number of hydrogen-bond acceptors (Lipinski definition) is 5. The number of aliphatic hydroxyl groups is 1. The van der Waals surface area contributed by atoms with Crippen molar-refractivity contribution in [1.29, 1.82) is 0 Å². The van der Waals surface area contributed by atoms with Crippen molar-refractivity contribution in [1.82, 2.24) is 4.90 Å². The summed E-state index contributed by atoms with van der Waals surface area (Å²) in [6.07, 6.45) is -2.65. The zero-order chi connectivity index (χ0) is 19.4. The number of methoxy groups -OCH3 is 1. The molecule has 2 heterocycles. The molecule has 0 aromatic heterocycles. The van der Waals surface area contributed by atoms with Gasteiger partial charge in [0.25, 0.3) is 0 Å². The fourth-order valence-electron chi connectivity index (χ4n) is 4.78. The van der Waals surface area contributed by atoms with E-state index in [1.165, 1.54) is 0 Å². The minimum absolute atomic E-state index is 0.277. The highest BCUT2D eigenvalue weighted by atomic mass is 16.6. The summed E-state index contributed by atoms with van der Waals surface area (Å²) >= 11 is 0. The molecule has 0 spiro atoms. The van der Waals surface area contributed by atoms with Crippen LogP contribution in [-0.2, 0) is 14.2 Å². The third-order valence-electron chi connectivity index (χ3n) is 6.17. The third kappa shape index (κ3) is 2.49. The average Bonchev–Trinajstić information content (AvgIpc) is 3.33. The molecule has 2 aliphatic heterocycles. The van der Waals surface area contributed by atoms with Crippen LogP contribution in [0, 0.1) is 0 Å². The highest BCUT2D eigenvalue weighted by Gasteiger charge is 2.56. The van der Waals surface area contributed by atoms with Crippen LogP contribution in [0.1, 0.15) is 24.2 Å². The highest BCUT2D eigenvalue weighted by Crippen LogP contribution is 2.46. The molecular formula is C22H23NO5. The van der Waals surface area contributed by atoms with Crippen LogP contribution in [-0.4, -0.2) is 60.2 Å². The van der Waals surface area contributed by atoms with E-state index in [0.29, 0.717) is 6.54 Å². The predicted molar refractivity (Wildman–Crippen MR) is 102 cm³/mol. The zero-order valence-corrected chi connectivity index (χ0v) is 15.8. The van der Waals surface area contributed by atoms with Crippen LogP contribution >= 0.6 is 0 Å². The second kappa shape index (κ2) is 6.58. The molecule has 28 heavy (non-hydrogen) atoms. The van der Waals surface area contributed by atoms with Crippen LogP contribution < -0.4 is 0 Å². The van der Waals surface area contributed by atoms with Crippen LogP contribution in [0.15, 0.2) is 48.5 Å². The number of carbonyl (C=O) groups is 1. The lowest BCUT2D eigenvalue weighted by Gasteiger charge is -2.27. The molecule has 1 unspecified atom stereocenters. The number of benzene rings is 2. The summed E-state index contributed by atoms with van der Waals surface area (Å²) in [7, 11) is 1.60. The van der Waals surface area contributed by atoms with Gasteiger partial charge in [-0.25, -0.2) is 4.79 Å². The van der Waals surface area contributed by atoms with Crippen molar-refractivity contribution in [2.24, 2.45) is 0 Å². The summed E-state index contributed by atoms with van der Waals surface area (Å²) in [5, 5.41) is 10.5. The molecule has 0 radical (unpaired) electrons. The topological polar surface area (TPSA) is 68.2 Å². The Morgan fingerprint density at radius 1 is 1.11 bits per heavy atom. The largest absolute Gasteiger partial charge is 0.436 e. The Labute approximate surface area is 163 Å². The number of carbonyl (C=O) groups excluding carboxylic acids is 1. The summed E-state index contributed by atoms with van der Waals surface area (Å²) in [5.74, 6) is 0. The molecule has 2 fully saturated rings. The molecule has 1 aliphatic carbocycles. The molecule has 6 heteroatoms. The second-order valence-electron chi connectivity index (χ2n) is 7.65. The predicted octanol–water partition coefficient (Wildman–Crippen LogP) is 2.74. The van der Waals surface area contributed by atoms with E-state index in [9.17, 15) is 9.90 Å². The van der Waals surface area contributed by atoms with Gasteiger partial charge in [-0.3, -0.25) is 4.90 Å². The number of amides is 1. The van der Waals surface area contributed by atoms with Crippen molar-refractivity contribution in [2.45, 2.75) is 43.5 Å². The van der Waals surface area contributed by atoms with Gasteiger partial charge in [0.15, 0.2) is 6.10 Å². The first-order valence-electron chi connectivity index (χ1n) is 9.62. The quantitative estimate of drug-likeness (QED) is 0.866. The lowest BCUT2D eigenvalue weighted by molar-refractivity contribution is -0.0434. The maximum atomic E-state index is 13.2. The summed E-state index contributed by atoms with van der Waals surface area (Å²) < 4.78 is 17.3. The van der Waals surface area contributed by atoms with Crippen LogP contribution in [0.5, 0.6) is 0 Å². The van der Waals surface area contributed by atoms with Crippen molar-refractivity contribution in [3.8, 4) is 11.1 Å². The number of fused-ring (bicyclic) bond motifs is 4. The molecule has 1 N–H and O–H groups in total. The van der Waals surface area contributed by atoms with Crippen LogP contribution in [0.3, 0.4) is 0 Å². The van der Waals surface area contributed by atoms with Crippen LogP contribution in [0.4, 0.5) is 4.79 Å². The number of ether oxygens (including phenoxy) is 3. The first-order chi connectivity index (χ1) is 13.6. The molecule has 3 aliphatic rings. The molecule has 0 bridgehead atoms. The van der Waals surface area contributed by atoms with Gasteiger partial charge in [0.1, 0.15) is 18.3 Å². The van der Waals surface area contributed by atoms with E-state index in [-0.39, 0.29) is 18.3 Å². The molecule has 6 nitrogen and oxygen atoms in total. The first-order valence-corrected chi connectivity index (χ1v) is 9.62. The lowest BCUT2D eigenvalue weighted by atomic mass is 10.1. The minimum Gasteiger partial charge on any atom is -0.436 e. The molecule has 2 aromatic carbocycles. The van der Waals surface area contributed by atoms with E-state index >= 15 is 0 Å². The van der Waals surface area contributed by atoms with Crippen molar-refractivity contribution < 1.29 is 24.1 Å². The fourth-order valence-corrected chi connectivity index (χ4v) is 4.78. The summed E-state index contributed by atoms with van der Waals surface area (Å²) in [6.45, 7) is 2.15. The lowest BCUT2D eigenvalue weighted by Crippen LogP contribution is -2.45. The Balaban J connectivity index is 1.45. The molecule has 1 amide bonds. The smallest absolute Gasteiger partial charge is 0.411 e. The Hall–Kier alpha value is -2.41. The van der Waals surface area contributed by atoms with Gasteiger partial charge >= 0.3 is 6.09 Å². The highest BCUT2D eigenvalue weighted by molar-refractivity contribution is 5.80. The Kier molecular flexibility index (Phi) is 4.16. The van der Waals surface area contributed by atoms with Crippen molar-refractivity contribution in [3.05, 3.63) is 59.7 Å². The van der Waals surface area contributed by atoms with E-state index in [1.807, 2.05) is 55.5 Å². The third-order valence-corrected chi connectivity index (χ3v) is 6.17. The standard InChI is InChI=1S/C22H23NO5/c1-12-19(24)18-21(27-12)17(26-2)11-23(18)22(25)28-20-15-9-5-3-7-13(15)14-8-4-6-10-16(14)20/h3-10,12,17-21,24H,11H2,1-2H3/t12?,17-,18+,19-,21+/m0/s1. The Morgan fingerprint density at radius 3 is 2.32 bits per heavy atom. The molecule has 2 saturated heterocycles. The number of rotatable bonds is 2. The average molecular weight is 381 g/mol. The number of aliphatic hydroxyl groups excluding tert-OH is 1. The van der Waals surface area contributed by atoms with E-state index in [4.69, 9.17) is 14.2 Å². The zero-order valence-electron chi connectivity index (χ0n) is 15.8. The van der Waals surface area contributed by atoms with E-state index < -0.39 is 24.3 Å². The summed E-state index contributed by atoms with van der Waals surface area (Å²) in [6, 6.07) is 15.5. The molecule has 5 rings (SSSR count). The summed E-state index contributed by atoms with van der Waals surface area (Å²) in [4.78, 5) is 14.7. The normalized spacial score (nSPS) is 30.8. The fraction of sp³-hybridized carbons (Fsp3) is 0.409. The van der Waals surface area contributed by atoms with E-state index in [0.717, 1.165) is 22.3 Å². The van der Waals surface area contributed by atoms with Crippen molar-refractivity contribution >= 4 is 6.09 Å². The van der Waals surface area contributed by atoms with Gasteiger partial charge in [-0.15, -0.1) is 0 Å². The van der Waals surface area contributed by atoms with Gasteiger partial charge in [-0.2, -0.15) is 0 Å².